The van der Waals surface area contributed by atoms with Crippen LogP contribution < -0.4 is 4.90 Å². The van der Waals surface area contributed by atoms with Crippen molar-refractivity contribution in [2.45, 2.75) is 24.8 Å². The van der Waals surface area contributed by atoms with Gasteiger partial charge in [-0.15, -0.1) is 0 Å². The Morgan fingerprint density at radius 1 is 1.23 bits per heavy atom. The summed E-state index contributed by atoms with van der Waals surface area (Å²) >= 11 is 0. The van der Waals surface area contributed by atoms with Crippen molar-refractivity contribution >= 4 is 21.6 Å². The van der Waals surface area contributed by atoms with Crippen molar-refractivity contribution in [2.24, 2.45) is 0 Å². The molecular weight excluding hydrogens is 352 g/mol. The van der Waals surface area contributed by atoms with Gasteiger partial charge in [-0.2, -0.15) is 0 Å². The number of rotatable bonds is 3. The summed E-state index contributed by atoms with van der Waals surface area (Å²) in [6, 6.07) is 6.17. The summed E-state index contributed by atoms with van der Waals surface area (Å²) < 4.78 is 23.5. The van der Waals surface area contributed by atoms with Crippen molar-refractivity contribution in [1.82, 2.24) is 14.9 Å². The zero-order chi connectivity index (χ0) is 19.1. The second kappa shape index (κ2) is 6.68. The van der Waals surface area contributed by atoms with E-state index in [1.54, 1.807) is 17.0 Å². The van der Waals surface area contributed by atoms with E-state index < -0.39 is 9.84 Å². The average molecular weight is 374 g/mol. The number of aromatic nitrogens is 2. The maximum absolute atomic E-state index is 12.9. The minimum atomic E-state index is -3.36. The van der Waals surface area contributed by atoms with Crippen LogP contribution in [-0.4, -0.2) is 56.1 Å². The van der Waals surface area contributed by atoms with Gasteiger partial charge in [-0.1, -0.05) is 6.07 Å². The number of fused-ring (bicyclic) bond motifs is 1. The maximum Gasteiger partial charge on any atom is 0.254 e. The Morgan fingerprint density at radius 2 is 1.96 bits per heavy atom. The van der Waals surface area contributed by atoms with E-state index in [0.29, 0.717) is 30.9 Å². The SMILES string of the molecule is Cc1nc2c(c(N(C)C)n1)CCN(C(=O)c1cccc(S(C)(=O)=O)c1)C2. The third-order valence-corrected chi connectivity index (χ3v) is 5.49. The molecule has 1 amide bonds. The summed E-state index contributed by atoms with van der Waals surface area (Å²) in [6.07, 6.45) is 1.80. The number of hydrogen-bond acceptors (Lipinski definition) is 6. The van der Waals surface area contributed by atoms with Crippen LogP contribution in [0.1, 0.15) is 27.4 Å². The number of amides is 1. The molecule has 0 radical (unpaired) electrons. The van der Waals surface area contributed by atoms with Gasteiger partial charge < -0.3 is 9.80 Å². The fourth-order valence-corrected chi connectivity index (χ4v) is 3.78. The first-order valence-electron chi connectivity index (χ1n) is 8.30. The Balaban J connectivity index is 1.91. The van der Waals surface area contributed by atoms with Crippen molar-refractivity contribution in [1.29, 1.82) is 0 Å². The van der Waals surface area contributed by atoms with Crippen LogP contribution in [0.2, 0.25) is 0 Å². The molecule has 0 unspecified atom stereocenters. The molecule has 0 fully saturated rings. The van der Waals surface area contributed by atoms with E-state index in [9.17, 15) is 13.2 Å². The van der Waals surface area contributed by atoms with Crippen LogP contribution in [0.15, 0.2) is 29.2 Å². The van der Waals surface area contributed by atoms with Gasteiger partial charge in [0, 0.05) is 38.0 Å². The summed E-state index contributed by atoms with van der Waals surface area (Å²) in [5, 5.41) is 0. The molecule has 0 atom stereocenters. The zero-order valence-electron chi connectivity index (χ0n) is 15.4. The Bertz CT molecular complexity index is 970. The first-order valence-corrected chi connectivity index (χ1v) is 10.2. The van der Waals surface area contributed by atoms with Crippen LogP contribution >= 0.6 is 0 Å². The molecule has 7 nitrogen and oxygen atoms in total. The molecule has 1 aromatic carbocycles. The lowest BCUT2D eigenvalue weighted by Crippen LogP contribution is -2.37. The van der Waals surface area contributed by atoms with E-state index in [-0.39, 0.29) is 10.8 Å². The van der Waals surface area contributed by atoms with Crippen LogP contribution in [0.5, 0.6) is 0 Å². The second-order valence-corrected chi connectivity index (χ2v) is 8.71. The van der Waals surface area contributed by atoms with Crippen molar-refractivity contribution < 1.29 is 13.2 Å². The number of carbonyl (C=O) groups is 1. The summed E-state index contributed by atoms with van der Waals surface area (Å²) in [5.41, 5.74) is 2.28. The molecule has 0 spiro atoms. The molecule has 8 heteroatoms. The van der Waals surface area contributed by atoms with E-state index in [0.717, 1.165) is 23.3 Å². The summed E-state index contributed by atoms with van der Waals surface area (Å²) in [6.45, 7) is 2.77. The molecular formula is C18H22N4O3S. The largest absolute Gasteiger partial charge is 0.362 e. The van der Waals surface area contributed by atoms with E-state index in [1.165, 1.54) is 12.1 Å². The van der Waals surface area contributed by atoms with Gasteiger partial charge >= 0.3 is 0 Å². The van der Waals surface area contributed by atoms with Crippen molar-refractivity contribution in [3.8, 4) is 0 Å². The molecule has 26 heavy (non-hydrogen) atoms. The van der Waals surface area contributed by atoms with Gasteiger partial charge in [0.05, 0.1) is 17.1 Å². The fraction of sp³-hybridized carbons (Fsp3) is 0.389. The molecule has 3 rings (SSSR count). The van der Waals surface area contributed by atoms with Gasteiger partial charge in [0.2, 0.25) is 0 Å². The summed E-state index contributed by atoms with van der Waals surface area (Å²) in [7, 11) is 0.526. The fourth-order valence-electron chi connectivity index (χ4n) is 3.12. The Morgan fingerprint density at radius 3 is 2.62 bits per heavy atom. The predicted molar refractivity (Wildman–Crippen MR) is 99.1 cm³/mol. The Hall–Kier alpha value is -2.48. The predicted octanol–water partition coefficient (Wildman–Crippen LogP) is 1.45. The molecule has 1 aliphatic rings. The zero-order valence-corrected chi connectivity index (χ0v) is 16.2. The number of sulfone groups is 1. The van der Waals surface area contributed by atoms with Crippen molar-refractivity contribution in [2.75, 3.05) is 31.8 Å². The molecule has 0 N–H and O–H groups in total. The molecule has 2 heterocycles. The van der Waals surface area contributed by atoms with Gasteiger partial charge in [-0.3, -0.25) is 4.79 Å². The number of benzene rings is 1. The highest BCUT2D eigenvalue weighted by Gasteiger charge is 2.26. The smallest absolute Gasteiger partial charge is 0.254 e. The highest BCUT2D eigenvalue weighted by atomic mass is 32.2. The molecule has 138 valence electrons. The number of nitrogens with zero attached hydrogens (tertiary/aromatic N) is 4. The Kier molecular flexibility index (Phi) is 4.70. The monoisotopic (exact) mass is 374 g/mol. The molecule has 2 aromatic rings. The summed E-state index contributed by atoms with van der Waals surface area (Å²) in [5.74, 6) is 1.36. The highest BCUT2D eigenvalue weighted by molar-refractivity contribution is 7.90. The lowest BCUT2D eigenvalue weighted by molar-refractivity contribution is 0.0731. The maximum atomic E-state index is 12.9. The molecule has 0 bridgehead atoms. The third-order valence-electron chi connectivity index (χ3n) is 4.38. The van der Waals surface area contributed by atoms with E-state index in [4.69, 9.17) is 0 Å². The van der Waals surface area contributed by atoms with Crippen LogP contribution in [0.4, 0.5) is 5.82 Å². The lowest BCUT2D eigenvalue weighted by atomic mass is 10.0. The number of hydrogen-bond donors (Lipinski definition) is 0. The molecule has 0 aliphatic carbocycles. The lowest BCUT2D eigenvalue weighted by Gasteiger charge is -2.30. The average Bonchev–Trinajstić information content (AvgIpc) is 2.59. The minimum absolute atomic E-state index is 0.147. The van der Waals surface area contributed by atoms with Gasteiger partial charge in [-0.05, 0) is 31.5 Å². The Labute approximate surface area is 153 Å². The van der Waals surface area contributed by atoms with Crippen LogP contribution in [-0.2, 0) is 22.8 Å². The first kappa shape index (κ1) is 18.3. The van der Waals surface area contributed by atoms with Gasteiger partial charge in [-0.25, -0.2) is 18.4 Å². The number of aryl methyl sites for hydroxylation is 1. The van der Waals surface area contributed by atoms with Gasteiger partial charge in [0.1, 0.15) is 11.6 Å². The van der Waals surface area contributed by atoms with Crippen LogP contribution in [0, 0.1) is 6.92 Å². The molecule has 0 saturated heterocycles. The van der Waals surface area contributed by atoms with E-state index >= 15 is 0 Å². The summed E-state index contributed by atoms with van der Waals surface area (Å²) in [4.78, 5) is 25.7. The highest BCUT2D eigenvalue weighted by Crippen LogP contribution is 2.26. The molecule has 1 aliphatic heterocycles. The van der Waals surface area contributed by atoms with Gasteiger partial charge in [0.25, 0.3) is 5.91 Å². The normalized spacial score (nSPS) is 14.1. The van der Waals surface area contributed by atoms with Crippen LogP contribution in [0.3, 0.4) is 0 Å². The first-order chi connectivity index (χ1) is 12.2. The van der Waals surface area contributed by atoms with Crippen molar-refractivity contribution in [3.05, 3.63) is 46.9 Å². The van der Waals surface area contributed by atoms with Crippen LogP contribution in [0.25, 0.3) is 0 Å². The minimum Gasteiger partial charge on any atom is -0.362 e. The topological polar surface area (TPSA) is 83.5 Å². The van der Waals surface area contributed by atoms with E-state index in [1.807, 2.05) is 25.9 Å². The number of anilines is 1. The van der Waals surface area contributed by atoms with Gasteiger partial charge in [0.15, 0.2) is 9.84 Å². The third kappa shape index (κ3) is 3.55. The molecule has 0 saturated carbocycles. The quantitative estimate of drug-likeness (QED) is 0.809. The van der Waals surface area contributed by atoms with E-state index in [2.05, 4.69) is 9.97 Å². The van der Waals surface area contributed by atoms with Crippen molar-refractivity contribution in [3.63, 3.8) is 0 Å². The second-order valence-electron chi connectivity index (χ2n) is 6.69. The molecule has 1 aromatic heterocycles. The standard InChI is InChI=1S/C18H22N4O3S/c1-12-19-16-11-22(9-8-15(16)17(20-12)21(2)3)18(23)13-6-5-7-14(10-13)26(4,24)25/h5-7,10H,8-9,11H2,1-4H3. The number of carbonyl (C=O) groups excluding carboxylic acids is 1.